The average Bonchev–Trinajstić information content (AvgIpc) is 2.44. The first kappa shape index (κ1) is 17.2. The van der Waals surface area contributed by atoms with Gasteiger partial charge in [-0.2, -0.15) is 0 Å². The van der Waals surface area contributed by atoms with E-state index in [0.29, 0.717) is 13.0 Å². The standard InChI is InChI=1S/C16H23NO4/c1-12(18)16(2,10-13-6-4-3-5-7-13)11-17-14(19)8-9-15(20)21/h3-7,12,18H,8-11H2,1-2H3,(H,17,19)(H,20,21). The molecule has 0 radical (unpaired) electrons. The maximum absolute atomic E-state index is 11.6. The van der Waals surface area contributed by atoms with Gasteiger partial charge in [0.15, 0.2) is 0 Å². The van der Waals surface area contributed by atoms with Crippen molar-refractivity contribution in [1.29, 1.82) is 0 Å². The van der Waals surface area contributed by atoms with E-state index in [-0.39, 0.29) is 18.7 Å². The molecular weight excluding hydrogens is 270 g/mol. The van der Waals surface area contributed by atoms with Gasteiger partial charge in [-0.3, -0.25) is 9.59 Å². The van der Waals surface area contributed by atoms with Crippen LogP contribution in [0.15, 0.2) is 30.3 Å². The van der Waals surface area contributed by atoms with E-state index < -0.39 is 17.5 Å². The predicted molar refractivity (Wildman–Crippen MR) is 79.8 cm³/mol. The highest BCUT2D eigenvalue weighted by Gasteiger charge is 2.30. The fourth-order valence-electron chi connectivity index (χ4n) is 2.03. The van der Waals surface area contributed by atoms with Gasteiger partial charge in [0.1, 0.15) is 0 Å². The van der Waals surface area contributed by atoms with Crippen molar-refractivity contribution in [2.45, 2.75) is 39.2 Å². The van der Waals surface area contributed by atoms with Crippen molar-refractivity contribution in [2.24, 2.45) is 5.41 Å². The summed E-state index contributed by atoms with van der Waals surface area (Å²) in [6, 6.07) is 9.75. The summed E-state index contributed by atoms with van der Waals surface area (Å²) in [4.78, 5) is 22.0. The maximum Gasteiger partial charge on any atom is 0.303 e. The van der Waals surface area contributed by atoms with E-state index in [2.05, 4.69) is 5.32 Å². The van der Waals surface area contributed by atoms with Crippen LogP contribution in [0.4, 0.5) is 0 Å². The molecule has 0 aliphatic rings. The third-order valence-corrected chi connectivity index (χ3v) is 3.71. The van der Waals surface area contributed by atoms with Crippen LogP contribution in [-0.4, -0.2) is 34.7 Å². The van der Waals surface area contributed by atoms with E-state index in [0.717, 1.165) is 5.56 Å². The Morgan fingerprint density at radius 2 is 1.86 bits per heavy atom. The number of aliphatic hydroxyl groups is 1. The summed E-state index contributed by atoms with van der Waals surface area (Å²) in [5.41, 5.74) is 0.584. The molecule has 2 unspecified atom stereocenters. The van der Waals surface area contributed by atoms with Gasteiger partial charge in [0, 0.05) is 18.4 Å². The number of carboxylic acids is 1. The lowest BCUT2D eigenvalue weighted by Crippen LogP contribution is -2.43. The Hall–Kier alpha value is -1.88. The van der Waals surface area contributed by atoms with E-state index in [4.69, 9.17) is 5.11 Å². The molecule has 5 heteroatoms. The van der Waals surface area contributed by atoms with Crippen molar-refractivity contribution in [3.63, 3.8) is 0 Å². The van der Waals surface area contributed by atoms with Gasteiger partial charge in [-0.15, -0.1) is 0 Å². The van der Waals surface area contributed by atoms with Gasteiger partial charge in [0.25, 0.3) is 0 Å². The fraction of sp³-hybridized carbons (Fsp3) is 0.500. The molecule has 0 saturated carbocycles. The normalized spacial score (nSPS) is 15.0. The molecule has 0 aromatic heterocycles. The number of hydrogen-bond donors (Lipinski definition) is 3. The van der Waals surface area contributed by atoms with Crippen molar-refractivity contribution in [1.82, 2.24) is 5.32 Å². The van der Waals surface area contributed by atoms with Gasteiger partial charge >= 0.3 is 5.97 Å². The number of carboxylic acid groups (broad SMARTS) is 1. The molecule has 1 amide bonds. The lowest BCUT2D eigenvalue weighted by atomic mass is 9.79. The molecule has 0 spiro atoms. The molecule has 0 fully saturated rings. The molecule has 116 valence electrons. The minimum absolute atomic E-state index is 0.0451. The molecule has 0 saturated heterocycles. The summed E-state index contributed by atoms with van der Waals surface area (Å²) >= 11 is 0. The fourth-order valence-corrected chi connectivity index (χ4v) is 2.03. The Morgan fingerprint density at radius 1 is 1.24 bits per heavy atom. The number of carbonyl (C=O) groups is 2. The SMILES string of the molecule is CC(O)C(C)(CNC(=O)CCC(=O)O)Cc1ccccc1. The molecule has 2 atom stereocenters. The molecule has 0 heterocycles. The predicted octanol–water partition coefficient (Wildman–Crippen LogP) is 1.60. The van der Waals surface area contributed by atoms with Crippen LogP contribution in [0.5, 0.6) is 0 Å². The molecule has 1 aromatic carbocycles. The van der Waals surface area contributed by atoms with E-state index in [1.807, 2.05) is 37.3 Å². The third-order valence-electron chi connectivity index (χ3n) is 3.71. The van der Waals surface area contributed by atoms with Crippen LogP contribution < -0.4 is 5.32 Å². The van der Waals surface area contributed by atoms with Crippen LogP contribution >= 0.6 is 0 Å². The van der Waals surface area contributed by atoms with Crippen molar-refractivity contribution >= 4 is 11.9 Å². The molecule has 0 aliphatic heterocycles. The number of hydrogen-bond acceptors (Lipinski definition) is 3. The minimum atomic E-state index is -0.993. The van der Waals surface area contributed by atoms with Crippen LogP contribution in [-0.2, 0) is 16.0 Å². The topological polar surface area (TPSA) is 86.6 Å². The van der Waals surface area contributed by atoms with E-state index in [1.165, 1.54) is 0 Å². The monoisotopic (exact) mass is 293 g/mol. The van der Waals surface area contributed by atoms with Crippen LogP contribution in [0.3, 0.4) is 0 Å². The van der Waals surface area contributed by atoms with Crippen molar-refractivity contribution in [2.75, 3.05) is 6.54 Å². The number of rotatable bonds is 8. The van der Waals surface area contributed by atoms with Crippen molar-refractivity contribution < 1.29 is 19.8 Å². The first-order valence-corrected chi connectivity index (χ1v) is 7.04. The first-order chi connectivity index (χ1) is 9.83. The second kappa shape index (κ2) is 7.78. The zero-order chi connectivity index (χ0) is 15.9. The lowest BCUT2D eigenvalue weighted by Gasteiger charge is -2.33. The van der Waals surface area contributed by atoms with Gasteiger partial charge in [-0.25, -0.2) is 0 Å². The van der Waals surface area contributed by atoms with Crippen LogP contribution in [0, 0.1) is 5.41 Å². The number of amides is 1. The summed E-state index contributed by atoms with van der Waals surface area (Å²) in [6.07, 6.45) is -0.200. The Kier molecular flexibility index (Phi) is 6.37. The maximum atomic E-state index is 11.6. The number of nitrogens with one attached hydrogen (secondary N) is 1. The van der Waals surface area contributed by atoms with Gasteiger partial charge in [-0.1, -0.05) is 37.3 Å². The number of benzene rings is 1. The number of aliphatic carboxylic acids is 1. The summed E-state index contributed by atoms with van der Waals surface area (Å²) in [5, 5.41) is 21.3. The molecule has 0 bridgehead atoms. The minimum Gasteiger partial charge on any atom is -0.481 e. The molecule has 3 N–H and O–H groups in total. The summed E-state index contributed by atoms with van der Waals surface area (Å²) < 4.78 is 0. The van der Waals surface area contributed by atoms with Crippen molar-refractivity contribution in [3.8, 4) is 0 Å². The van der Waals surface area contributed by atoms with E-state index >= 15 is 0 Å². The van der Waals surface area contributed by atoms with Gasteiger partial charge in [-0.05, 0) is 18.9 Å². The second-order valence-corrected chi connectivity index (χ2v) is 5.66. The Morgan fingerprint density at radius 3 is 2.38 bits per heavy atom. The first-order valence-electron chi connectivity index (χ1n) is 7.04. The average molecular weight is 293 g/mol. The van der Waals surface area contributed by atoms with Gasteiger partial charge in [0.05, 0.1) is 12.5 Å². The molecule has 21 heavy (non-hydrogen) atoms. The molecule has 1 aromatic rings. The molecule has 1 rings (SSSR count). The smallest absolute Gasteiger partial charge is 0.303 e. The number of carbonyl (C=O) groups excluding carboxylic acids is 1. The molecular formula is C16H23NO4. The highest BCUT2D eigenvalue weighted by molar-refractivity contribution is 5.80. The van der Waals surface area contributed by atoms with Crippen LogP contribution in [0.2, 0.25) is 0 Å². The zero-order valence-corrected chi connectivity index (χ0v) is 12.5. The largest absolute Gasteiger partial charge is 0.481 e. The Bertz CT molecular complexity index is 472. The molecule has 0 aliphatic carbocycles. The summed E-state index contributed by atoms with van der Waals surface area (Å²) in [7, 11) is 0. The quantitative estimate of drug-likeness (QED) is 0.679. The lowest BCUT2D eigenvalue weighted by molar-refractivity contribution is -0.138. The summed E-state index contributed by atoms with van der Waals surface area (Å²) in [5.74, 6) is -1.30. The van der Waals surface area contributed by atoms with Crippen LogP contribution in [0.1, 0.15) is 32.3 Å². The third kappa shape index (κ3) is 5.95. The summed E-state index contributed by atoms with van der Waals surface area (Å²) in [6.45, 7) is 3.91. The highest BCUT2D eigenvalue weighted by atomic mass is 16.4. The van der Waals surface area contributed by atoms with Crippen LogP contribution in [0.25, 0.3) is 0 Å². The van der Waals surface area contributed by atoms with Crippen molar-refractivity contribution in [3.05, 3.63) is 35.9 Å². The second-order valence-electron chi connectivity index (χ2n) is 5.66. The Labute approximate surface area is 125 Å². The zero-order valence-electron chi connectivity index (χ0n) is 12.5. The molecule has 5 nitrogen and oxygen atoms in total. The Balaban J connectivity index is 2.60. The number of aliphatic hydroxyl groups excluding tert-OH is 1. The highest BCUT2D eigenvalue weighted by Crippen LogP contribution is 2.26. The van der Waals surface area contributed by atoms with E-state index in [9.17, 15) is 14.7 Å². The van der Waals surface area contributed by atoms with E-state index in [1.54, 1.807) is 6.92 Å². The van der Waals surface area contributed by atoms with Gasteiger partial charge < -0.3 is 15.5 Å². The van der Waals surface area contributed by atoms with Gasteiger partial charge in [0.2, 0.25) is 5.91 Å².